The summed E-state index contributed by atoms with van der Waals surface area (Å²) in [5, 5.41) is 8.21. The van der Waals surface area contributed by atoms with Crippen LogP contribution >= 0.6 is 15.9 Å². The maximum atomic E-state index is 11.0. The van der Waals surface area contributed by atoms with Crippen molar-refractivity contribution in [2.75, 3.05) is 5.32 Å². The number of sulfonamides is 1. The van der Waals surface area contributed by atoms with Gasteiger partial charge in [0.25, 0.3) is 0 Å². The van der Waals surface area contributed by atoms with Crippen molar-refractivity contribution >= 4 is 31.6 Å². The van der Waals surface area contributed by atoms with Gasteiger partial charge in [-0.15, -0.1) is 0 Å². The number of nitrogens with zero attached hydrogens (tertiary/aromatic N) is 1. The Balaban J connectivity index is 1.97. The Morgan fingerprint density at radius 1 is 1.15 bits per heavy atom. The molecule has 0 aliphatic heterocycles. The summed E-state index contributed by atoms with van der Waals surface area (Å²) in [6.45, 7) is 0.591. The molecule has 0 bridgehead atoms. The van der Waals surface area contributed by atoms with Crippen LogP contribution in [0.3, 0.4) is 0 Å². The van der Waals surface area contributed by atoms with Gasteiger partial charge < -0.3 is 5.32 Å². The molecule has 1 aromatic carbocycles. The highest BCUT2D eigenvalue weighted by molar-refractivity contribution is 9.10. The standard InChI is InChI=1S/C13H14BrN3O2S/c14-13-3-1-2-12(17-13)8-16-11-6-4-10(5-7-11)9-20(15,18)19/h1-7,16H,8-9H2,(H2,15,18,19). The van der Waals surface area contributed by atoms with Crippen molar-refractivity contribution in [3.05, 3.63) is 58.3 Å². The monoisotopic (exact) mass is 355 g/mol. The van der Waals surface area contributed by atoms with Gasteiger partial charge in [-0.2, -0.15) is 0 Å². The van der Waals surface area contributed by atoms with Gasteiger partial charge in [-0.25, -0.2) is 18.5 Å². The Bertz CT molecular complexity index is 687. The van der Waals surface area contributed by atoms with E-state index in [2.05, 4.69) is 26.2 Å². The molecule has 20 heavy (non-hydrogen) atoms. The predicted molar refractivity (Wildman–Crippen MR) is 82.5 cm³/mol. The largest absolute Gasteiger partial charge is 0.379 e. The third-order valence-electron chi connectivity index (χ3n) is 2.57. The first-order valence-electron chi connectivity index (χ1n) is 5.87. The van der Waals surface area contributed by atoms with Crippen LogP contribution in [-0.4, -0.2) is 13.4 Å². The van der Waals surface area contributed by atoms with E-state index in [9.17, 15) is 8.42 Å². The SMILES string of the molecule is NS(=O)(=O)Cc1ccc(NCc2cccc(Br)n2)cc1. The Hall–Kier alpha value is -1.44. The van der Waals surface area contributed by atoms with Crippen LogP contribution in [0.2, 0.25) is 0 Å². The van der Waals surface area contributed by atoms with Crippen molar-refractivity contribution in [2.45, 2.75) is 12.3 Å². The fourth-order valence-corrected chi connectivity index (χ4v) is 2.73. The Labute approximate surface area is 126 Å². The highest BCUT2D eigenvalue weighted by Crippen LogP contribution is 2.13. The minimum absolute atomic E-state index is 0.152. The van der Waals surface area contributed by atoms with E-state index in [0.29, 0.717) is 12.1 Å². The average Bonchev–Trinajstić information content (AvgIpc) is 2.36. The molecular weight excluding hydrogens is 342 g/mol. The molecule has 0 atom stereocenters. The number of hydrogen-bond acceptors (Lipinski definition) is 4. The zero-order chi connectivity index (χ0) is 14.6. The smallest absolute Gasteiger partial charge is 0.213 e. The lowest BCUT2D eigenvalue weighted by atomic mass is 10.2. The summed E-state index contributed by atoms with van der Waals surface area (Å²) in [4.78, 5) is 4.31. The van der Waals surface area contributed by atoms with Crippen LogP contribution in [0.15, 0.2) is 47.1 Å². The molecule has 5 nitrogen and oxygen atoms in total. The van der Waals surface area contributed by atoms with E-state index < -0.39 is 10.0 Å². The van der Waals surface area contributed by atoms with Gasteiger partial charge in [0.2, 0.25) is 10.0 Å². The predicted octanol–water partition coefficient (Wildman–Crippen LogP) is 2.24. The summed E-state index contributed by atoms with van der Waals surface area (Å²) in [7, 11) is -3.49. The molecular formula is C13H14BrN3O2S. The molecule has 0 aliphatic carbocycles. The van der Waals surface area contributed by atoms with Crippen LogP contribution < -0.4 is 10.5 Å². The van der Waals surface area contributed by atoms with E-state index in [0.717, 1.165) is 16.0 Å². The second-order valence-electron chi connectivity index (χ2n) is 4.31. The van der Waals surface area contributed by atoms with Crippen LogP contribution in [0, 0.1) is 0 Å². The molecule has 7 heteroatoms. The topological polar surface area (TPSA) is 85.1 Å². The first-order chi connectivity index (χ1) is 9.42. The molecule has 106 valence electrons. The fraction of sp³-hybridized carbons (Fsp3) is 0.154. The van der Waals surface area contributed by atoms with Crippen LogP contribution in [0.25, 0.3) is 0 Å². The van der Waals surface area contributed by atoms with Gasteiger partial charge in [0, 0.05) is 5.69 Å². The molecule has 0 saturated carbocycles. The summed E-state index contributed by atoms with van der Waals surface area (Å²) >= 11 is 3.32. The molecule has 1 aromatic heterocycles. The lowest BCUT2D eigenvalue weighted by molar-refractivity contribution is 0.597. The average molecular weight is 356 g/mol. The van der Waals surface area contributed by atoms with E-state index in [-0.39, 0.29) is 5.75 Å². The number of primary sulfonamides is 1. The highest BCUT2D eigenvalue weighted by atomic mass is 79.9. The summed E-state index contributed by atoms with van der Waals surface area (Å²) < 4.78 is 22.7. The number of hydrogen-bond donors (Lipinski definition) is 2. The molecule has 0 saturated heterocycles. The molecule has 0 fully saturated rings. The Morgan fingerprint density at radius 2 is 1.85 bits per heavy atom. The van der Waals surface area contributed by atoms with Crippen LogP contribution in [0.4, 0.5) is 5.69 Å². The minimum atomic E-state index is -3.49. The summed E-state index contributed by atoms with van der Waals surface area (Å²) in [5.74, 6) is -0.152. The number of anilines is 1. The first-order valence-corrected chi connectivity index (χ1v) is 8.38. The maximum absolute atomic E-state index is 11.0. The molecule has 3 N–H and O–H groups in total. The van der Waals surface area contributed by atoms with E-state index in [1.807, 2.05) is 30.3 Å². The minimum Gasteiger partial charge on any atom is -0.379 e. The molecule has 0 unspecified atom stereocenters. The zero-order valence-corrected chi connectivity index (χ0v) is 13.0. The summed E-state index contributed by atoms with van der Waals surface area (Å²) in [5.41, 5.74) is 2.47. The fourth-order valence-electron chi connectivity index (χ4n) is 1.69. The maximum Gasteiger partial charge on any atom is 0.213 e. The quantitative estimate of drug-likeness (QED) is 0.805. The molecule has 0 radical (unpaired) electrons. The second-order valence-corrected chi connectivity index (χ2v) is 6.74. The number of nitrogens with one attached hydrogen (secondary N) is 1. The van der Waals surface area contributed by atoms with Crippen molar-refractivity contribution in [3.63, 3.8) is 0 Å². The number of aromatic nitrogens is 1. The lowest BCUT2D eigenvalue weighted by Crippen LogP contribution is -2.14. The van der Waals surface area contributed by atoms with Gasteiger partial charge in [-0.05, 0) is 45.8 Å². The molecule has 1 heterocycles. The number of halogens is 1. The van der Waals surface area contributed by atoms with Gasteiger partial charge in [0.15, 0.2) is 0 Å². The zero-order valence-electron chi connectivity index (χ0n) is 10.6. The number of rotatable bonds is 5. The van der Waals surface area contributed by atoms with Crippen LogP contribution in [-0.2, 0) is 22.3 Å². The number of pyridine rings is 1. The van der Waals surface area contributed by atoms with Crippen molar-refractivity contribution in [2.24, 2.45) is 5.14 Å². The van der Waals surface area contributed by atoms with Gasteiger partial charge in [-0.1, -0.05) is 18.2 Å². The Kier molecular flexibility index (Phi) is 4.74. The molecule has 2 rings (SSSR count). The van der Waals surface area contributed by atoms with Gasteiger partial charge in [0.05, 0.1) is 18.0 Å². The van der Waals surface area contributed by atoms with Crippen molar-refractivity contribution < 1.29 is 8.42 Å². The van der Waals surface area contributed by atoms with E-state index in [1.165, 1.54) is 0 Å². The third kappa shape index (κ3) is 4.92. The van der Waals surface area contributed by atoms with Crippen LogP contribution in [0.1, 0.15) is 11.3 Å². The van der Waals surface area contributed by atoms with Gasteiger partial charge in [0.1, 0.15) is 4.60 Å². The third-order valence-corrected chi connectivity index (χ3v) is 3.75. The van der Waals surface area contributed by atoms with Gasteiger partial charge in [-0.3, -0.25) is 0 Å². The molecule has 0 aliphatic rings. The van der Waals surface area contributed by atoms with Crippen molar-refractivity contribution in [1.29, 1.82) is 0 Å². The lowest BCUT2D eigenvalue weighted by Gasteiger charge is -2.07. The normalized spacial score (nSPS) is 11.3. The highest BCUT2D eigenvalue weighted by Gasteiger charge is 2.04. The second kappa shape index (κ2) is 6.34. The molecule has 2 aromatic rings. The number of nitrogens with two attached hydrogens (primary N) is 1. The first kappa shape index (κ1) is 15.0. The summed E-state index contributed by atoms with van der Waals surface area (Å²) in [6.07, 6.45) is 0. The van der Waals surface area contributed by atoms with E-state index >= 15 is 0 Å². The van der Waals surface area contributed by atoms with Gasteiger partial charge >= 0.3 is 0 Å². The Morgan fingerprint density at radius 3 is 2.45 bits per heavy atom. The van der Waals surface area contributed by atoms with Crippen molar-refractivity contribution in [1.82, 2.24) is 4.98 Å². The van der Waals surface area contributed by atoms with Crippen molar-refractivity contribution in [3.8, 4) is 0 Å². The molecule has 0 amide bonds. The van der Waals surface area contributed by atoms with Crippen LogP contribution in [0.5, 0.6) is 0 Å². The number of benzene rings is 1. The van der Waals surface area contributed by atoms with E-state index in [4.69, 9.17) is 5.14 Å². The summed E-state index contributed by atoms with van der Waals surface area (Å²) in [6, 6.07) is 12.8. The molecule has 0 spiro atoms. The van der Waals surface area contributed by atoms with E-state index in [1.54, 1.807) is 12.1 Å².